The summed E-state index contributed by atoms with van der Waals surface area (Å²) >= 11 is 0. The van der Waals surface area contributed by atoms with E-state index >= 15 is 0 Å². The second-order valence-electron chi connectivity index (χ2n) is 26.8. The predicted molar refractivity (Wildman–Crippen MR) is 420 cm³/mol. The molecule has 0 spiro atoms. The van der Waals surface area contributed by atoms with Crippen LogP contribution in [0.15, 0.2) is 347 Å². The van der Waals surface area contributed by atoms with Crippen molar-refractivity contribution in [1.29, 1.82) is 0 Å². The lowest BCUT2D eigenvalue weighted by Crippen LogP contribution is -1.95. The van der Waals surface area contributed by atoms with E-state index in [1.54, 1.807) is 0 Å². The summed E-state index contributed by atoms with van der Waals surface area (Å²) in [6.07, 6.45) is 0. The van der Waals surface area contributed by atoms with Crippen LogP contribution < -0.4 is 0 Å². The molecule has 18 aromatic carbocycles. The first-order valence-corrected chi connectivity index (χ1v) is 34.3. The highest BCUT2D eigenvalue weighted by Gasteiger charge is 2.24. The van der Waals surface area contributed by atoms with E-state index in [0.717, 1.165) is 143 Å². The van der Waals surface area contributed by atoms with Gasteiger partial charge in [0.2, 0.25) is 0 Å². The molecule has 0 N–H and O–H groups in total. The summed E-state index contributed by atoms with van der Waals surface area (Å²) < 4.78 is 22.7. The summed E-state index contributed by atoms with van der Waals surface area (Å²) in [7, 11) is 0. The fourth-order valence-electron chi connectivity index (χ4n) is 17.1. The van der Waals surface area contributed by atoms with Gasteiger partial charge in [-0.05, 0) is 205 Å². The third kappa shape index (κ3) is 8.04. The highest BCUT2D eigenvalue weighted by Crippen LogP contribution is 2.51. The smallest absolute Gasteiger partial charge is 0.143 e. The van der Waals surface area contributed by atoms with Crippen LogP contribution in [0.5, 0.6) is 0 Å². The number of furan rings is 3. The zero-order chi connectivity index (χ0) is 65.3. The summed E-state index contributed by atoms with van der Waals surface area (Å²) in [5, 5.41) is 23.3. The second kappa shape index (κ2) is 21.1. The Labute approximate surface area is 572 Å². The lowest BCUT2D eigenvalue weighted by Gasteiger charge is -2.20. The highest BCUT2D eigenvalue weighted by atomic mass is 16.3. The molecule has 0 atom stereocenters. The third-order valence-electron chi connectivity index (χ3n) is 21.6. The van der Waals surface area contributed by atoms with E-state index in [-0.39, 0.29) is 0 Å². The fourth-order valence-corrected chi connectivity index (χ4v) is 17.1. The molecule has 0 aliphatic rings. The average Bonchev–Trinajstić information content (AvgIpc) is 0.834. The summed E-state index contributed by atoms with van der Waals surface area (Å²) in [6, 6.07) is 123. The van der Waals surface area contributed by atoms with Crippen LogP contribution in [0.3, 0.4) is 0 Å². The van der Waals surface area contributed by atoms with Crippen molar-refractivity contribution in [3.05, 3.63) is 334 Å². The topological polar surface area (TPSA) is 44.4 Å². The molecule has 22 rings (SSSR count). The van der Waals surface area contributed by atoms with Crippen LogP contribution in [0.1, 0.15) is 0 Å². The maximum absolute atomic E-state index is 6.84. The Morgan fingerprint density at radius 2 is 0.570 bits per heavy atom. The maximum Gasteiger partial charge on any atom is 0.143 e. The molecule has 4 heterocycles. The molecule has 0 aliphatic heterocycles. The number of fused-ring (bicyclic) bond motifs is 20. The molecule has 0 fully saturated rings. The highest BCUT2D eigenvalue weighted by molar-refractivity contribution is 6.27. The van der Waals surface area contributed by atoms with Crippen LogP contribution in [0, 0.1) is 0 Å². The van der Waals surface area contributed by atoms with Crippen molar-refractivity contribution in [1.82, 2.24) is 4.57 Å². The monoisotopic (exact) mass is 1270 g/mol. The largest absolute Gasteiger partial charge is 0.456 e. The Hall–Kier alpha value is -13.3. The minimum Gasteiger partial charge on any atom is -0.456 e. The lowest BCUT2D eigenvalue weighted by molar-refractivity contribution is 0.669. The molecule has 0 unspecified atom stereocenters. The standard InChI is InChI=1S/C96H55NO3/c1-3-18-66-56(16-1)42-50-86-94(66)79-48-40-63(54-88(79)98-86)92-74-25-7-5-23-72(74)90(59-34-32-58(33-35-59)68-27-15-28-78-71-22-11-14-31-85(71)100-96(68)78)81-52-61(38-46-76(81)92)62-39-47-77-82(53-62)91(60-36-44-65(45-37-60)97-83-29-12-9-20-69(83)70-21-10-13-30-84(70)97)73-24-6-8-26-75(73)93(77)64-41-49-80-89(55-64)99-87-51-43-57-17-2-4-19-67(57)95(80)87/h1-55H. The van der Waals surface area contributed by atoms with Crippen LogP contribution in [0.2, 0.25) is 0 Å². The van der Waals surface area contributed by atoms with Gasteiger partial charge in [-0.1, -0.05) is 255 Å². The molecule has 0 aliphatic carbocycles. The number of nitrogens with zero attached hydrogens (tertiary/aromatic N) is 1. The lowest BCUT2D eigenvalue weighted by atomic mass is 9.83. The first-order chi connectivity index (χ1) is 49.6. The Bertz CT molecular complexity index is 7210. The van der Waals surface area contributed by atoms with Gasteiger partial charge in [-0.15, -0.1) is 0 Å². The van der Waals surface area contributed by atoms with Gasteiger partial charge in [0.1, 0.15) is 33.5 Å². The first-order valence-electron chi connectivity index (χ1n) is 34.3. The molecule has 0 saturated heterocycles. The zero-order valence-corrected chi connectivity index (χ0v) is 53.9. The molecule has 4 heteroatoms. The number of hydrogen-bond acceptors (Lipinski definition) is 3. The van der Waals surface area contributed by atoms with Gasteiger partial charge in [0, 0.05) is 54.3 Å². The Morgan fingerprint density at radius 1 is 0.190 bits per heavy atom. The molecule has 0 bridgehead atoms. The molecule has 4 aromatic heterocycles. The van der Waals surface area contributed by atoms with Crippen molar-refractivity contribution in [2.45, 2.75) is 0 Å². The molecule has 22 aromatic rings. The Kier molecular flexibility index (Phi) is 11.6. The van der Waals surface area contributed by atoms with E-state index in [0.29, 0.717) is 0 Å². The van der Waals surface area contributed by atoms with Crippen molar-refractivity contribution < 1.29 is 13.3 Å². The Morgan fingerprint density at radius 3 is 1.09 bits per heavy atom. The molecular weight excluding hydrogens is 1220 g/mol. The Balaban J connectivity index is 0.776. The van der Waals surface area contributed by atoms with Crippen LogP contribution in [0.25, 0.3) is 225 Å². The summed E-state index contributed by atoms with van der Waals surface area (Å²) in [5.41, 5.74) is 22.3. The molecule has 0 saturated carbocycles. The van der Waals surface area contributed by atoms with Gasteiger partial charge in [-0.25, -0.2) is 0 Å². The normalized spacial score (nSPS) is 12.2. The average molecular weight is 1270 g/mol. The SMILES string of the molecule is c1ccc2c(c1)ccc1oc3cc(-c4c5ccccc5c(-c5ccc(-c6cccc7c6oc6ccccc67)cc5)c5cc(-c6ccc7c(-c8ccc9c(c8)oc8ccc%10ccccc%10c89)c8ccccc8c(-c8ccc(-n9c%10ccccc%10c%10ccccc%109)cc8)c7c6)ccc45)ccc3c12. The molecule has 462 valence electrons. The van der Waals surface area contributed by atoms with E-state index in [2.05, 4.69) is 332 Å². The van der Waals surface area contributed by atoms with E-state index < -0.39 is 0 Å². The van der Waals surface area contributed by atoms with Crippen LogP contribution in [-0.2, 0) is 0 Å². The van der Waals surface area contributed by atoms with Crippen molar-refractivity contribution in [2.75, 3.05) is 0 Å². The van der Waals surface area contributed by atoms with Gasteiger partial charge >= 0.3 is 0 Å². The molecule has 4 nitrogen and oxygen atoms in total. The minimum atomic E-state index is 0.864. The summed E-state index contributed by atoms with van der Waals surface area (Å²) in [5.74, 6) is 0. The van der Waals surface area contributed by atoms with Crippen LogP contribution in [-0.4, -0.2) is 4.57 Å². The molecule has 0 radical (unpaired) electrons. The first kappa shape index (κ1) is 54.9. The van der Waals surface area contributed by atoms with Gasteiger partial charge in [0.05, 0.1) is 11.0 Å². The van der Waals surface area contributed by atoms with E-state index in [1.165, 1.54) is 81.6 Å². The molecular formula is C96H55NO3. The number of aromatic nitrogens is 1. The number of benzene rings is 18. The maximum atomic E-state index is 6.84. The summed E-state index contributed by atoms with van der Waals surface area (Å²) in [4.78, 5) is 0. The number of para-hydroxylation sites is 4. The van der Waals surface area contributed by atoms with Crippen molar-refractivity contribution in [3.8, 4) is 72.4 Å². The van der Waals surface area contributed by atoms with E-state index in [4.69, 9.17) is 13.3 Å². The zero-order valence-electron chi connectivity index (χ0n) is 53.9. The van der Waals surface area contributed by atoms with E-state index in [1.807, 2.05) is 6.07 Å². The quantitative estimate of drug-likeness (QED) is 0.149. The van der Waals surface area contributed by atoms with Crippen molar-refractivity contribution in [2.24, 2.45) is 0 Å². The summed E-state index contributed by atoms with van der Waals surface area (Å²) in [6.45, 7) is 0. The van der Waals surface area contributed by atoms with Crippen molar-refractivity contribution >= 4 is 152 Å². The number of hydrogen-bond donors (Lipinski definition) is 0. The fraction of sp³-hybridized carbons (Fsp3) is 0. The van der Waals surface area contributed by atoms with Crippen LogP contribution in [0.4, 0.5) is 0 Å². The van der Waals surface area contributed by atoms with Crippen LogP contribution >= 0.6 is 0 Å². The van der Waals surface area contributed by atoms with Gasteiger partial charge in [0.15, 0.2) is 0 Å². The minimum absolute atomic E-state index is 0.864. The number of rotatable bonds is 7. The molecule has 0 amide bonds. The van der Waals surface area contributed by atoms with Gasteiger partial charge in [-0.2, -0.15) is 0 Å². The predicted octanol–water partition coefficient (Wildman–Crippen LogP) is 27.4. The van der Waals surface area contributed by atoms with E-state index in [9.17, 15) is 0 Å². The second-order valence-corrected chi connectivity index (χ2v) is 26.8. The van der Waals surface area contributed by atoms with Gasteiger partial charge in [0.25, 0.3) is 0 Å². The third-order valence-corrected chi connectivity index (χ3v) is 21.6. The van der Waals surface area contributed by atoms with Gasteiger partial charge < -0.3 is 17.8 Å². The molecule has 100 heavy (non-hydrogen) atoms. The van der Waals surface area contributed by atoms with Crippen molar-refractivity contribution in [3.63, 3.8) is 0 Å². The van der Waals surface area contributed by atoms with Gasteiger partial charge in [-0.3, -0.25) is 0 Å².